The van der Waals surface area contributed by atoms with E-state index < -0.39 is 0 Å². The van der Waals surface area contributed by atoms with Crippen LogP contribution in [-0.4, -0.2) is 30.9 Å². The molecule has 0 aromatic carbocycles. The van der Waals surface area contributed by atoms with Gasteiger partial charge in [-0.15, -0.1) is 0 Å². The molecular weight excluding hydrogens is 254 g/mol. The van der Waals surface area contributed by atoms with Gasteiger partial charge in [-0.1, -0.05) is 58.3 Å². The zero-order valence-electron chi connectivity index (χ0n) is 13.5. The van der Waals surface area contributed by atoms with Crippen molar-refractivity contribution in [1.29, 1.82) is 0 Å². The summed E-state index contributed by atoms with van der Waals surface area (Å²) >= 11 is 0. The van der Waals surface area contributed by atoms with Crippen molar-refractivity contribution in [1.82, 2.24) is 5.06 Å². The van der Waals surface area contributed by atoms with Gasteiger partial charge < -0.3 is 0 Å². The van der Waals surface area contributed by atoms with Crippen molar-refractivity contribution in [3.8, 4) is 0 Å². The molecule has 4 heteroatoms. The average molecular weight is 285 g/mol. The van der Waals surface area contributed by atoms with Crippen LogP contribution in [0.2, 0.25) is 0 Å². The van der Waals surface area contributed by atoms with Crippen LogP contribution in [0.3, 0.4) is 0 Å². The van der Waals surface area contributed by atoms with Crippen molar-refractivity contribution < 1.29 is 14.4 Å². The van der Waals surface area contributed by atoms with Crippen molar-refractivity contribution in [3.05, 3.63) is 0 Å². The van der Waals surface area contributed by atoms with Gasteiger partial charge in [-0.2, -0.15) is 0 Å². The summed E-state index contributed by atoms with van der Waals surface area (Å²) < 4.78 is 0. The summed E-state index contributed by atoms with van der Waals surface area (Å²) in [4.78, 5) is 27.7. The maximum Gasteiger partial charge on any atom is 0.253 e. The summed E-state index contributed by atoms with van der Waals surface area (Å²) in [7, 11) is 2.94. The third-order valence-electron chi connectivity index (χ3n) is 3.53. The average Bonchev–Trinajstić information content (AvgIpc) is 2.44. The van der Waals surface area contributed by atoms with Gasteiger partial charge in [0.15, 0.2) is 0 Å². The lowest BCUT2D eigenvalue weighted by atomic mass is 10.0. The third kappa shape index (κ3) is 11.0. The molecule has 118 valence electrons. The van der Waals surface area contributed by atoms with Crippen LogP contribution in [0.4, 0.5) is 0 Å². The SMILES string of the molecule is CCCCCCCCCCCC(=O)CC(=O)N(C)OC. The summed E-state index contributed by atoms with van der Waals surface area (Å²) in [5.74, 6) is -0.254. The predicted octanol–water partition coefficient (Wildman–Crippen LogP) is 3.89. The molecule has 0 N–H and O–H groups in total. The summed E-state index contributed by atoms with van der Waals surface area (Å²) in [6, 6.07) is 0. The van der Waals surface area contributed by atoms with Gasteiger partial charge in [-0.25, -0.2) is 5.06 Å². The molecule has 20 heavy (non-hydrogen) atoms. The summed E-state index contributed by atoms with van der Waals surface area (Å²) in [6.07, 6.45) is 11.6. The lowest BCUT2D eigenvalue weighted by Gasteiger charge is -2.12. The van der Waals surface area contributed by atoms with Crippen LogP contribution < -0.4 is 0 Å². The molecule has 0 saturated heterocycles. The van der Waals surface area contributed by atoms with Gasteiger partial charge in [0, 0.05) is 13.5 Å². The molecule has 0 aliphatic carbocycles. The standard InChI is InChI=1S/C16H31NO3/c1-4-5-6-7-8-9-10-11-12-13-15(18)14-16(19)17(2)20-3/h4-14H2,1-3H3. The largest absolute Gasteiger partial charge is 0.299 e. The van der Waals surface area contributed by atoms with Crippen LogP contribution in [0, 0.1) is 0 Å². The van der Waals surface area contributed by atoms with Crippen molar-refractivity contribution in [2.24, 2.45) is 0 Å². The van der Waals surface area contributed by atoms with Crippen molar-refractivity contribution in [2.75, 3.05) is 14.2 Å². The van der Waals surface area contributed by atoms with E-state index in [1.807, 2.05) is 0 Å². The first kappa shape index (κ1) is 19.1. The minimum absolute atomic E-state index is 0.0156. The monoisotopic (exact) mass is 285 g/mol. The Morgan fingerprint density at radius 1 is 0.900 bits per heavy atom. The number of unbranched alkanes of at least 4 members (excludes halogenated alkanes) is 8. The molecule has 0 rings (SSSR count). The van der Waals surface area contributed by atoms with Crippen LogP contribution in [0.1, 0.15) is 77.6 Å². The Balaban J connectivity index is 3.38. The smallest absolute Gasteiger partial charge is 0.253 e. The minimum atomic E-state index is -0.270. The molecular formula is C16H31NO3. The highest BCUT2D eigenvalue weighted by Crippen LogP contribution is 2.11. The number of amides is 1. The summed E-state index contributed by atoms with van der Waals surface area (Å²) in [6.45, 7) is 2.23. The first-order valence-electron chi connectivity index (χ1n) is 7.94. The molecule has 4 nitrogen and oxygen atoms in total. The Morgan fingerprint density at radius 3 is 1.90 bits per heavy atom. The molecule has 0 bridgehead atoms. The van der Waals surface area contributed by atoms with Crippen LogP contribution >= 0.6 is 0 Å². The van der Waals surface area contributed by atoms with Gasteiger partial charge in [-0.3, -0.25) is 14.4 Å². The van der Waals surface area contributed by atoms with E-state index in [1.54, 1.807) is 0 Å². The predicted molar refractivity (Wildman–Crippen MR) is 81.2 cm³/mol. The van der Waals surface area contributed by atoms with Crippen LogP contribution in [0.5, 0.6) is 0 Å². The maximum absolute atomic E-state index is 11.6. The Labute approximate surface area is 123 Å². The fraction of sp³-hybridized carbons (Fsp3) is 0.875. The number of ketones is 1. The second-order valence-electron chi connectivity index (χ2n) is 5.37. The molecule has 0 heterocycles. The van der Waals surface area contributed by atoms with E-state index in [2.05, 4.69) is 6.92 Å². The van der Waals surface area contributed by atoms with Crippen molar-refractivity contribution in [2.45, 2.75) is 77.6 Å². The van der Waals surface area contributed by atoms with Crippen molar-refractivity contribution >= 4 is 11.7 Å². The summed E-state index contributed by atoms with van der Waals surface area (Å²) in [5, 5.41) is 1.11. The molecule has 0 aromatic heterocycles. The third-order valence-corrected chi connectivity index (χ3v) is 3.53. The first-order chi connectivity index (χ1) is 9.61. The molecule has 0 fully saturated rings. The van der Waals surface area contributed by atoms with Crippen LogP contribution in [0.15, 0.2) is 0 Å². The molecule has 0 aliphatic heterocycles. The van der Waals surface area contributed by atoms with Crippen LogP contribution in [0.25, 0.3) is 0 Å². The highest BCUT2D eigenvalue weighted by Gasteiger charge is 2.13. The molecule has 0 aromatic rings. The second kappa shape index (κ2) is 13.1. The number of carbonyl (C=O) groups is 2. The number of rotatable bonds is 13. The quantitative estimate of drug-likeness (QED) is 0.293. The number of hydroxylamine groups is 2. The van der Waals surface area contributed by atoms with E-state index in [4.69, 9.17) is 4.84 Å². The Hall–Kier alpha value is -0.900. The van der Waals surface area contributed by atoms with Gasteiger partial charge in [-0.05, 0) is 6.42 Å². The fourth-order valence-corrected chi connectivity index (χ4v) is 2.10. The van der Waals surface area contributed by atoms with Crippen LogP contribution in [-0.2, 0) is 14.4 Å². The van der Waals surface area contributed by atoms with E-state index in [-0.39, 0.29) is 18.1 Å². The Bertz CT molecular complexity index is 266. The zero-order chi connectivity index (χ0) is 15.2. The van der Waals surface area contributed by atoms with Gasteiger partial charge in [0.2, 0.25) is 0 Å². The fourth-order valence-electron chi connectivity index (χ4n) is 2.10. The first-order valence-corrected chi connectivity index (χ1v) is 7.94. The zero-order valence-corrected chi connectivity index (χ0v) is 13.5. The van der Waals surface area contributed by atoms with Gasteiger partial charge in [0.25, 0.3) is 5.91 Å². The molecule has 0 unspecified atom stereocenters. The number of nitrogens with zero attached hydrogens (tertiary/aromatic N) is 1. The highest BCUT2D eigenvalue weighted by atomic mass is 16.7. The summed E-state index contributed by atoms with van der Waals surface area (Å²) in [5.41, 5.74) is 0. The van der Waals surface area contributed by atoms with E-state index in [9.17, 15) is 9.59 Å². The molecule has 0 spiro atoms. The van der Waals surface area contributed by atoms with Gasteiger partial charge in [0.05, 0.1) is 13.5 Å². The molecule has 1 amide bonds. The van der Waals surface area contributed by atoms with Gasteiger partial charge >= 0.3 is 0 Å². The van der Waals surface area contributed by atoms with E-state index in [1.165, 1.54) is 59.1 Å². The molecule has 0 radical (unpaired) electrons. The second-order valence-corrected chi connectivity index (χ2v) is 5.37. The number of carbonyl (C=O) groups excluding carboxylic acids is 2. The van der Waals surface area contributed by atoms with E-state index >= 15 is 0 Å². The number of hydrogen-bond donors (Lipinski definition) is 0. The van der Waals surface area contributed by atoms with Gasteiger partial charge in [0.1, 0.15) is 5.78 Å². The minimum Gasteiger partial charge on any atom is -0.299 e. The number of Topliss-reactive ketones (excluding diaryl/α,β-unsaturated/α-hetero) is 1. The highest BCUT2D eigenvalue weighted by molar-refractivity contribution is 5.97. The molecule has 0 atom stereocenters. The Kier molecular flexibility index (Phi) is 12.5. The lowest BCUT2D eigenvalue weighted by molar-refractivity contribution is -0.169. The molecule has 0 saturated carbocycles. The van der Waals surface area contributed by atoms with E-state index in [0.717, 1.165) is 17.9 Å². The Morgan fingerprint density at radius 2 is 1.40 bits per heavy atom. The maximum atomic E-state index is 11.6. The number of hydrogen-bond acceptors (Lipinski definition) is 3. The lowest BCUT2D eigenvalue weighted by Crippen LogP contribution is -2.27. The normalized spacial score (nSPS) is 10.6. The van der Waals surface area contributed by atoms with Crippen molar-refractivity contribution in [3.63, 3.8) is 0 Å². The van der Waals surface area contributed by atoms with E-state index in [0.29, 0.717) is 6.42 Å². The topological polar surface area (TPSA) is 46.6 Å². The molecule has 0 aliphatic rings.